The van der Waals surface area contributed by atoms with Crippen molar-refractivity contribution in [3.8, 4) is 5.75 Å². The van der Waals surface area contributed by atoms with Gasteiger partial charge in [-0.05, 0) is 105 Å². The number of phenols is 1. The van der Waals surface area contributed by atoms with Crippen LogP contribution in [0.4, 0.5) is 0 Å². The Bertz CT molecular complexity index is 1460. The molecule has 0 aromatic heterocycles. The summed E-state index contributed by atoms with van der Waals surface area (Å²) in [6.07, 6.45) is 8.53. The van der Waals surface area contributed by atoms with Gasteiger partial charge in [0.25, 0.3) is 0 Å². The highest BCUT2D eigenvalue weighted by Crippen LogP contribution is 2.35. The van der Waals surface area contributed by atoms with Crippen LogP contribution in [-0.4, -0.2) is 55.4 Å². The number of likely N-dealkylation sites (tertiary alicyclic amines) is 1. The lowest BCUT2D eigenvalue weighted by Gasteiger charge is -2.26. The van der Waals surface area contributed by atoms with Crippen LogP contribution in [0.25, 0.3) is 5.57 Å². The van der Waals surface area contributed by atoms with E-state index in [1.165, 1.54) is 37.1 Å². The van der Waals surface area contributed by atoms with E-state index >= 15 is 0 Å². The van der Waals surface area contributed by atoms with E-state index in [2.05, 4.69) is 66.5 Å². The standard InChI is InChI=1S/C18H24N2O.C15H12O.C7H15N/c1-7-17(19-5)15(4)20(6)14(3)12-13(2)16-10-8-9-11-18(16)21;16-10-15-13-7-3-1-5-11(13)9-12-6-2-4-8-14(12)15;1-7-3-5-8(2)6-4-7/h7-12,19,21H,1-2H2,3-6H3;1-8,10,15H,9H2;7H,3-6H2,1-2H3/b14-12-,17-15+;;. The van der Waals surface area contributed by atoms with Crippen molar-refractivity contribution < 1.29 is 9.90 Å². The molecule has 1 aliphatic carbocycles. The third-order valence-corrected chi connectivity index (χ3v) is 8.83. The normalized spacial score (nSPS) is 15.5. The van der Waals surface area contributed by atoms with Crippen molar-refractivity contribution in [2.45, 2.75) is 46.0 Å². The van der Waals surface area contributed by atoms with Gasteiger partial charge in [0.05, 0.1) is 11.6 Å². The summed E-state index contributed by atoms with van der Waals surface area (Å²) in [4.78, 5) is 15.7. The highest BCUT2D eigenvalue weighted by atomic mass is 16.3. The van der Waals surface area contributed by atoms with Crippen LogP contribution < -0.4 is 5.32 Å². The molecule has 1 aliphatic heterocycles. The number of benzene rings is 3. The first-order chi connectivity index (χ1) is 21.6. The Kier molecular flexibility index (Phi) is 13.4. The number of fused-ring (bicyclic) bond motifs is 2. The summed E-state index contributed by atoms with van der Waals surface area (Å²) in [6, 6.07) is 23.6. The fourth-order valence-corrected chi connectivity index (χ4v) is 5.70. The molecule has 5 nitrogen and oxygen atoms in total. The second-order valence-corrected chi connectivity index (χ2v) is 12.0. The number of hydrogen-bond donors (Lipinski definition) is 2. The van der Waals surface area contributed by atoms with Gasteiger partial charge in [-0.15, -0.1) is 0 Å². The average molecular weight is 606 g/mol. The molecule has 5 heteroatoms. The molecule has 0 radical (unpaired) electrons. The zero-order valence-corrected chi connectivity index (χ0v) is 28.0. The number of likely N-dealkylation sites (N-methyl/N-ethyl adjacent to an activating group) is 1. The molecule has 0 amide bonds. The van der Waals surface area contributed by atoms with Gasteiger partial charge in [-0.2, -0.15) is 0 Å². The van der Waals surface area contributed by atoms with Gasteiger partial charge in [0.2, 0.25) is 0 Å². The van der Waals surface area contributed by atoms with Gasteiger partial charge < -0.3 is 25.0 Å². The second-order valence-electron chi connectivity index (χ2n) is 12.0. The topological polar surface area (TPSA) is 55.8 Å². The van der Waals surface area contributed by atoms with Crippen LogP contribution in [0.3, 0.4) is 0 Å². The number of carbonyl (C=O) groups excluding carboxylic acids is 1. The molecule has 238 valence electrons. The third kappa shape index (κ3) is 9.57. The van der Waals surface area contributed by atoms with Crippen LogP contribution in [0.2, 0.25) is 0 Å². The van der Waals surface area contributed by atoms with Crippen molar-refractivity contribution in [2.24, 2.45) is 5.92 Å². The molecular formula is C40H51N3O2. The van der Waals surface area contributed by atoms with Gasteiger partial charge in [-0.25, -0.2) is 0 Å². The quantitative estimate of drug-likeness (QED) is 0.210. The number of nitrogens with zero attached hydrogens (tertiary/aromatic N) is 2. The smallest absolute Gasteiger partial charge is 0.131 e. The molecule has 3 aromatic carbocycles. The molecular weight excluding hydrogens is 554 g/mol. The summed E-state index contributed by atoms with van der Waals surface area (Å²) in [5.41, 5.74) is 9.45. The van der Waals surface area contributed by atoms with Crippen LogP contribution in [0.1, 0.15) is 67.3 Å². The number of phenolic OH excluding ortho intramolecular Hbond substituents is 1. The van der Waals surface area contributed by atoms with Crippen molar-refractivity contribution in [2.75, 3.05) is 34.2 Å². The molecule has 0 spiro atoms. The lowest BCUT2D eigenvalue weighted by molar-refractivity contribution is -0.108. The maximum atomic E-state index is 11.3. The zero-order chi connectivity index (χ0) is 32.9. The van der Waals surface area contributed by atoms with E-state index in [4.69, 9.17) is 0 Å². The molecule has 1 saturated heterocycles. The van der Waals surface area contributed by atoms with Crippen molar-refractivity contribution in [3.63, 3.8) is 0 Å². The maximum Gasteiger partial charge on any atom is 0.131 e. The Labute approximate surface area is 271 Å². The van der Waals surface area contributed by atoms with Crippen LogP contribution in [-0.2, 0) is 11.2 Å². The van der Waals surface area contributed by atoms with Crippen LogP contribution in [0.5, 0.6) is 5.75 Å². The highest BCUT2D eigenvalue weighted by Gasteiger charge is 2.24. The number of hydrogen-bond acceptors (Lipinski definition) is 5. The maximum absolute atomic E-state index is 11.3. The Morgan fingerprint density at radius 2 is 1.49 bits per heavy atom. The van der Waals surface area contributed by atoms with Gasteiger partial charge in [0.1, 0.15) is 12.0 Å². The van der Waals surface area contributed by atoms with E-state index in [1.807, 2.05) is 70.4 Å². The van der Waals surface area contributed by atoms with Gasteiger partial charge in [0, 0.05) is 31.1 Å². The minimum absolute atomic E-state index is 0.0823. The van der Waals surface area contributed by atoms with Crippen molar-refractivity contribution in [3.05, 3.63) is 143 Å². The third-order valence-electron chi connectivity index (χ3n) is 8.83. The highest BCUT2D eigenvalue weighted by molar-refractivity contribution is 5.76. The summed E-state index contributed by atoms with van der Waals surface area (Å²) in [5.74, 6) is 1.14. The van der Waals surface area contributed by atoms with Crippen LogP contribution >= 0.6 is 0 Å². The fraction of sp³-hybridized carbons (Fsp3) is 0.325. The summed E-state index contributed by atoms with van der Waals surface area (Å²) >= 11 is 0. The Hall–Kier alpha value is -4.35. The van der Waals surface area contributed by atoms with E-state index < -0.39 is 0 Å². The predicted octanol–water partition coefficient (Wildman–Crippen LogP) is 8.15. The zero-order valence-electron chi connectivity index (χ0n) is 28.0. The molecule has 0 bridgehead atoms. The summed E-state index contributed by atoms with van der Waals surface area (Å²) < 4.78 is 0. The average Bonchev–Trinajstić information content (AvgIpc) is 3.05. The predicted molar refractivity (Wildman–Crippen MR) is 190 cm³/mol. The van der Waals surface area contributed by atoms with E-state index in [0.717, 1.165) is 58.0 Å². The largest absolute Gasteiger partial charge is 0.507 e. The molecule has 1 fully saturated rings. The Balaban J connectivity index is 0.000000201. The van der Waals surface area contributed by atoms with Gasteiger partial charge in [-0.1, -0.05) is 86.8 Å². The minimum Gasteiger partial charge on any atom is -0.507 e. The van der Waals surface area contributed by atoms with Crippen LogP contribution in [0, 0.1) is 5.92 Å². The molecule has 0 atom stereocenters. The van der Waals surface area contributed by atoms with Crippen molar-refractivity contribution in [1.82, 2.24) is 15.1 Å². The van der Waals surface area contributed by atoms with Gasteiger partial charge in [0.15, 0.2) is 0 Å². The molecule has 2 aliphatic rings. The van der Waals surface area contributed by atoms with Crippen molar-refractivity contribution >= 4 is 11.9 Å². The number of para-hydroxylation sites is 1. The SMILES string of the molecule is C=C/C(NC)=C(/C)N(C)/C(C)=C\C(=C)c1ccccc1O.CC1CCN(C)CC1.O=CC1c2ccccc2Cc2ccccc21. The molecule has 3 aromatic rings. The summed E-state index contributed by atoms with van der Waals surface area (Å²) in [6.45, 7) is 16.8. The Morgan fingerprint density at radius 1 is 0.956 bits per heavy atom. The molecule has 0 saturated carbocycles. The van der Waals surface area contributed by atoms with E-state index in [-0.39, 0.29) is 11.7 Å². The Morgan fingerprint density at radius 3 is 1.98 bits per heavy atom. The number of rotatable bonds is 7. The van der Waals surface area contributed by atoms with E-state index in [1.54, 1.807) is 18.2 Å². The van der Waals surface area contributed by atoms with Crippen molar-refractivity contribution in [1.29, 1.82) is 0 Å². The van der Waals surface area contributed by atoms with E-state index in [9.17, 15) is 9.90 Å². The minimum atomic E-state index is -0.0823. The second kappa shape index (κ2) is 17.2. The summed E-state index contributed by atoms with van der Waals surface area (Å²) in [7, 11) is 6.06. The number of piperidine rings is 1. The van der Waals surface area contributed by atoms with E-state index in [0.29, 0.717) is 0 Å². The number of aldehydes is 1. The first-order valence-corrected chi connectivity index (χ1v) is 15.8. The molecule has 1 heterocycles. The molecule has 0 unspecified atom stereocenters. The number of carbonyl (C=O) groups is 1. The molecule has 45 heavy (non-hydrogen) atoms. The lowest BCUT2D eigenvalue weighted by atomic mass is 9.79. The first kappa shape index (κ1) is 35.1. The molecule has 2 N–H and O–H groups in total. The number of aromatic hydroxyl groups is 1. The van der Waals surface area contributed by atoms with Gasteiger partial charge >= 0.3 is 0 Å². The first-order valence-electron chi connectivity index (χ1n) is 15.8. The van der Waals surface area contributed by atoms with Gasteiger partial charge in [-0.3, -0.25) is 0 Å². The monoisotopic (exact) mass is 605 g/mol. The number of allylic oxidation sites excluding steroid dienone is 5. The lowest BCUT2D eigenvalue weighted by Crippen LogP contribution is -2.28. The summed E-state index contributed by atoms with van der Waals surface area (Å²) in [5, 5.41) is 13.0. The molecule has 5 rings (SSSR count). The van der Waals surface area contributed by atoms with Crippen LogP contribution in [0.15, 0.2) is 115 Å². The number of nitrogens with one attached hydrogen (secondary N) is 1. The fourth-order valence-electron chi connectivity index (χ4n) is 5.70.